The third-order valence-electron chi connectivity index (χ3n) is 2.47. The van der Waals surface area contributed by atoms with Gasteiger partial charge in [0.1, 0.15) is 17.2 Å². The Balaban J connectivity index is 2.79. The predicted octanol–water partition coefficient (Wildman–Crippen LogP) is 1.54. The maximum absolute atomic E-state index is 13.3. The molecule has 0 unspecified atom stereocenters. The molecule has 118 valence electrons. The summed E-state index contributed by atoms with van der Waals surface area (Å²) in [6.07, 6.45) is 0. The molecule has 0 bridgehead atoms. The van der Waals surface area contributed by atoms with Gasteiger partial charge in [-0.3, -0.25) is 4.79 Å². The summed E-state index contributed by atoms with van der Waals surface area (Å²) in [5.74, 6) is -2.35. The zero-order chi connectivity index (χ0) is 16.3. The van der Waals surface area contributed by atoms with Crippen LogP contribution in [0.4, 0.5) is 4.39 Å². The van der Waals surface area contributed by atoms with E-state index in [9.17, 15) is 17.6 Å². The summed E-state index contributed by atoms with van der Waals surface area (Å²) in [5.41, 5.74) is 5.25. The Kier molecular flexibility index (Phi) is 5.47. The summed E-state index contributed by atoms with van der Waals surface area (Å²) >= 11 is 0. The largest absolute Gasteiger partial charge is 0.459 e. The molecule has 0 atom stereocenters. The van der Waals surface area contributed by atoms with Gasteiger partial charge < -0.3 is 10.5 Å². The number of sulfone groups is 1. The first-order chi connectivity index (χ1) is 9.52. The van der Waals surface area contributed by atoms with Crippen molar-refractivity contribution >= 4 is 15.8 Å². The molecule has 1 aromatic carbocycles. The second-order valence-corrected chi connectivity index (χ2v) is 7.81. The van der Waals surface area contributed by atoms with E-state index in [1.165, 1.54) is 18.2 Å². The number of esters is 1. The molecule has 0 heterocycles. The van der Waals surface area contributed by atoms with Crippen LogP contribution in [-0.2, 0) is 31.7 Å². The predicted molar refractivity (Wildman–Crippen MR) is 77.6 cm³/mol. The lowest BCUT2D eigenvalue weighted by molar-refractivity contribution is -0.151. The molecule has 0 spiro atoms. The lowest BCUT2D eigenvalue weighted by atomic mass is 10.1. The average molecular weight is 317 g/mol. The molecule has 0 aliphatic heterocycles. The van der Waals surface area contributed by atoms with Gasteiger partial charge in [0.05, 0.1) is 5.75 Å². The van der Waals surface area contributed by atoms with Crippen molar-refractivity contribution in [1.82, 2.24) is 0 Å². The van der Waals surface area contributed by atoms with Crippen LogP contribution in [0.2, 0.25) is 0 Å². The molecule has 5 nitrogen and oxygen atoms in total. The first kappa shape index (κ1) is 17.6. The summed E-state index contributed by atoms with van der Waals surface area (Å²) < 4.78 is 42.2. The van der Waals surface area contributed by atoms with Gasteiger partial charge >= 0.3 is 5.97 Å². The van der Waals surface area contributed by atoms with Crippen molar-refractivity contribution in [3.8, 4) is 0 Å². The maximum Gasteiger partial charge on any atom is 0.321 e. The van der Waals surface area contributed by atoms with Crippen molar-refractivity contribution in [2.45, 2.75) is 38.7 Å². The fourth-order valence-electron chi connectivity index (χ4n) is 1.73. The molecule has 1 rings (SSSR count). The number of nitrogens with two attached hydrogens (primary N) is 1. The van der Waals surface area contributed by atoms with Crippen LogP contribution in [0.5, 0.6) is 0 Å². The van der Waals surface area contributed by atoms with E-state index in [2.05, 4.69) is 0 Å². The minimum Gasteiger partial charge on any atom is -0.459 e. The molecule has 0 aliphatic carbocycles. The molecular formula is C14H20FNO4S. The third-order valence-corrected chi connectivity index (χ3v) is 3.92. The summed E-state index contributed by atoms with van der Waals surface area (Å²) in [7, 11) is -3.68. The Hall–Kier alpha value is -1.47. The zero-order valence-corrected chi connectivity index (χ0v) is 13.2. The van der Waals surface area contributed by atoms with E-state index in [1.54, 1.807) is 20.8 Å². The Morgan fingerprint density at radius 1 is 1.33 bits per heavy atom. The summed E-state index contributed by atoms with van der Waals surface area (Å²) in [4.78, 5) is 11.6. The Morgan fingerprint density at radius 3 is 2.48 bits per heavy atom. The molecule has 7 heteroatoms. The first-order valence-corrected chi connectivity index (χ1v) is 8.24. The molecule has 0 saturated heterocycles. The van der Waals surface area contributed by atoms with Crippen molar-refractivity contribution in [1.29, 1.82) is 0 Å². The third kappa shape index (κ3) is 6.22. The van der Waals surface area contributed by atoms with E-state index in [0.29, 0.717) is 5.56 Å². The van der Waals surface area contributed by atoms with Crippen LogP contribution in [-0.4, -0.2) is 25.7 Å². The van der Waals surface area contributed by atoms with Gasteiger partial charge in [0.2, 0.25) is 0 Å². The molecule has 0 saturated carbocycles. The van der Waals surface area contributed by atoms with Gasteiger partial charge in [-0.25, -0.2) is 12.8 Å². The normalized spacial score (nSPS) is 12.2. The van der Waals surface area contributed by atoms with Crippen LogP contribution in [0, 0.1) is 5.82 Å². The molecule has 0 aliphatic rings. The number of halogens is 1. The smallest absolute Gasteiger partial charge is 0.321 e. The summed E-state index contributed by atoms with van der Waals surface area (Å²) in [6, 6.07) is 3.92. The Labute approximate surface area is 124 Å². The van der Waals surface area contributed by atoms with Crippen LogP contribution in [0.3, 0.4) is 0 Å². The van der Waals surface area contributed by atoms with Crippen LogP contribution < -0.4 is 5.73 Å². The minimum atomic E-state index is -3.68. The van der Waals surface area contributed by atoms with Crippen molar-refractivity contribution in [2.24, 2.45) is 5.73 Å². The van der Waals surface area contributed by atoms with E-state index in [-0.39, 0.29) is 17.9 Å². The number of benzene rings is 1. The molecule has 0 aromatic heterocycles. The van der Waals surface area contributed by atoms with Gasteiger partial charge in [-0.2, -0.15) is 0 Å². The highest BCUT2D eigenvalue weighted by Crippen LogP contribution is 2.14. The Morgan fingerprint density at radius 2 is 1.95 bits per heavy atom. The van der Waals surface area contributed by atoms with Gasteiger partial charge in [0.15, 0.2) is 9.84 Å². The van der Waals surface area contributed by atoms with Crippen LogP contribution in [0.15, 0.2) is 18.2 Å². The lowest BCUT2D eigenvalue weighted by Crippen LogP contribution is -2.29. The van der Waals surface area contributed by atoms with Gasteiger partial charge in [-0.1, -0.05) is 12.1 Å². The van der Waals surface area contributed by atoms with E-state index < -0.39 is 33.0 Å². The van der Waals surface area contributed by atoms with Gasteiger partial charge in [-0.05, 0) is 32.4 Å². The first-order valence-electron chi connectivity index (χ1n) is 6.42. The highest BCUT2D eigenvalue weighted by molar-refractivity contribution is 7.91. The SMILES string of the molecule is CC(C)(C)OC(=O)CS(=O)(=O)Cc1ccc(F)c(CN)c1. The number of rotatable bonds is 5. The molecule has 1 aromatic rings. The van der Waals surface area contributed by atoms with E-state index in [0.717, 1.165) is 0 Å². The fourth-order valence-corrected chi connectivity index (χ4v) is 2.94. The van der Waals surface area contributed by atoms with Gasteiger partial charge in [0, 0.05) is 12.1 Å². The average Bonchev–Trinajstić information content (AvgIpc) is 2.27. The fraction of sp³-hybridized carbons (Fsp3) is 0.500. The highest BCUT2D eigenvalue weighted by atomic mass is 32.2. The van der Waals surface area contributed by atoms with Crippen molar-refractivity contribution in [3.63, 3.8) is 0 Å². The van der Waals surface area contributed by atoms with Crippen LogP contribution >= 0.6 is 0 Å². The number of ether oxygens (including phenoxy) is 1. The van der Waals surface area contributed by atoms with Crippen LogP contribution in [0.25, 0.3) is 0 Å². The summed E-state index contributed by atoms with van der Waals surface area (Å²) in [5, 5.41) is 0. The molecule has 0 amide bonds. The van der Waals surface area contributed by atoms with Crippen LogP contribution in [0.1, 0.15) is 31.9 Å². The maximum atomic E-state index is 13.3. The molecule has 0 radical (unpaired) electrons. The number of hydrogen-bond acceptors (Lipinski definition) is 5. The second kappa shape index (κ2) is 6.53. The summed E-state index contributed by atoms with van der Waals surface area (Å²) in [6.45, 7) is 4.95. The van der Waals surface area contributed by atoms with E-state index in [1.807, 2.05) is 0 Å². The van der Waals surface area contributed by atoms with Gasteiger partial charge in [0.25, 0.3) is 0 Å². The van der Waals surface area contributed by atoms with Crippen molar-refractivity contribution in [3.05, 3.63) is 35.1 Å². The number of carbonyl (C=O) groups excluding carboxylic acids is 1. The standard InChI is InChI=1S/C14H20FNO4S/c1-14(2,3)20-13(17)9-21(18,19)8-10-4-5-12(15)11(6-10)7-16/h4-6H,7-9,16H2,1-3H3. The topological polar surface area (TPSA) is 86.5 Å². The number of hydrogen-bond donors (Lipinski definition) is 1. The molecule has 0 fully saturated rings. The molecule has 2 N–H and O–H groups in total. The zero-order valence-electron chi connectivity index (χ0n) is 12.3. The Bertz CT molecular complexity index is 620. The lowest BCUT2D eigenvalue weighted by Gasteiger charge is -2.19. The van der Waals surface area contributed by atoms with Gasteiger partial charge in [-0.15, -0.1) is 0 Å². The minimum absolute atomic E-state index is 0.0220. The quantitative estimate of drug-likeness (QED) is 0.833. The van der Waals surface area contributed by atoms with Crippen molar-refractivity contribution < 1.29 is 22.3 Å². The highest BCUT2D eigenvalue weighted by Gasteiger charge is 2.23. The van der Waals surface area contributed by atoms with E-state index >= 15 is 0 Å². The monoisotopic (exact) mass is 317 g/mol. The number of carbonyl (C=O) groups is 1. The molecule has 21 heavy (non-hydrogen) atoms. The van der Waals surface area contributed by atoms with E-state index in [4.69, 9.17) is 10.5 Å². The van der Waals surface area contributed by atoms with Crippen molar-refractivity contribution in [2.75, 3.05) is 5.75 Å². The second-order valence-electron chi connectivity index (χ2n) is 5.75. The molecular weight excluding hydrogens is 297 g/mol.